The average molecular weight is 255 g/mol. The topological polar surface area (TPSA) is 88.2 Å². The van der Waals surface area contributed by atoms with Crippen molar-refractivity contribution in [3.8, 4) is 0 Å². The second-order valence-electron chi connectivity index (χ2n) is 4.28. The largest absolute Gasteiger partial charge is 0.396 e. The van der Waals surface area contributed by atoms with Crippen molar-refractivity contribution in [3.63, 3.8) is 0 Å². The van der Waals surface area contributed by atoms with Gasteiger partial charge in [0.25, 0.3) is 5.91 Å². The van der Waals surface area contributed by atoms with Gasteiger partial charge >= 0.3 is 0 Å². The van der Waals surface area contributed by atoms with Crippen molar-refractivity contribution < 1.29 is 9.90 Å². The van der Waals surface area contributed by atoms with Crippen LogP contribution >= 0.6 is 11.3 Å². The number of aliphatic hydroxyl groups is 1. The Morgan fingerprint density at radius 3 is 3.12 bits per heavy atom. The molecule has 1 heterocycles. The zero-order valence-electron chi connectivity index (χ0n) is 9.56. The number of carbonyl (C=O) groups is 1. The van der Waals surface area contributed by atoms with E-state index >= 15 is 0 Å². The smallest absolute Gasteiger partial charge is 0.270 e. The lowest BCUT2D eigenvalue weighted by Gasteiger charge is -2.18. The van der Waals surface area contributed by atoms with Gasteiger partial charge in [0.05, 0.1) is 0 Å². The van der Waals surface area contributed by atoms with Crippen LogP contribution in [0.4, 0.5) is 0 Å². The van der Waals surface area contributed by atoms with E-state index in [1.807, 2.05) is 0 Å². The van der Waals surface area contributed by atoms with Crippen LogP contribution in [0, 0.1) is 5.92 Å². The molecule has 0 bridgehead atoms. The van der Waals surface area contributed by atoms with Crippen molar-refractivity contribution in [2.24, 2.45) is 11.7 Å². The summed E-state index contributed by atoms with van der Waals surface area (Å²) >= 11 is 1.40. The molecule has 1 aliphatic carbocycles. The predicted octanol–water partition coefficient (Wildman–Crippen LogP) is 0.493. The molecule has 4 N–H and O–H groups in total. The number of amides is 1. The molecule has 17 heavy (non-hydrogen) atoms. The number of hydrogen-bond donors (Lipinski definition) is 3. The normalized spacial score (nSPS) is 23.9. The number of carbonyl (C=O) groups excluding carboxylic acids is 1. The minimum absolute atomic E-state index is 0.0792. The third kappa shape index (κ3) is 2.83. The van der Waals surface area contributed by atoms with Gasteiger partial charge in [0.2, 0.25) is 0 Å². The lowest BCUT2D eigenvalue weighted by atomic mass is 10.1. The van der Waals surface area contributed by atoms with Crippen LogP contribution in [0.1, 0.15) is 34.8 Å². The molecule has 1 aromatic heterocycles. The van der Waals surface area contributed by atoms with Gasteiger partial charge in [0.1, 0.15) is 10.7 Å². The van der Waals surface area contributed by atoms with Crippen LogP contribution in [0.2, 0.25) is 0 Å². The first-order valence-corrected chi connectivity index (χ1v) is 6.68. The average Bonchev–Trinajstić information content (AvgIpc) is 2.96. The SMILES string of the molecule is NCc1nc(C(=O)NC2CCCC2CO)cs1. The highest BCUT2D eigenvalue weighted by atomic mass is 32.1. The fourth-order valence-corrected chi connectivity index (χ4v) is 2.85. The van der Waals surface area contributed by atoms with Crippen LogP contribution in [0.5, 0.6) is 0 Å². The van der Waals surface area contributed by atoms with E-state index < -0.39 is 0 Å². The maximum atomic E-state index is 11.9. The zero-order chi connectivity index (χ0) is 12.3. The highest BCUT2D eigenvalue weighted by molar-refractivity contribution is 7.09. The summed E-state index contributed by atoms with van der Waals surface area (Å²) < 4.78 is 0. The van der Waals surface area contributed by atoms with Crippen LogP contribution in [0.3, 0.4) is 0 Å². The Kier molecular flexibility index (Phi) is 4.09. The minimum atomic E-state index is -0.161. The van der Waals surface area contributed by atoms with E-state index in [1.165, 1.54) is 11.3 Å². The molecule has 94 valence electrons. The van der Waals surface area contributed by atoms with Gasteiger partial charge in [-0.25, -0.2) is 4.98 Å². The molecule has 0 spiro atoms. The fraction of sp³-hybridized carbons (Fsp3) is 0.636. The molecule has 1 aliphatic rings. The first-order chi connectivity index (χ1) is 8.24. The van der Waals surface area contributed by atoms with Crippen LogP contribution in [-0.2, 0) is 6.54 Å². The summed E-state index contributed by atoms with van der Waals surface area (Å²) in [7, 11) is 0. The summed E-state index contributed by atoms with van der Waals surface area (Å²) in [4.78, 5) is 16.0. The highest BCUT2D eigenvalue weighted by Gasteiger charge is 2.28. The maximum Gasteiger partial charge on any atom is 0.270 e. The van der Waals surface area contributed by atoms with Crippen molar-refractivity contribution in [1.82, 2.24) is 10.3 Å². The Hall–Kier alpha value is -0.980. The van der Waals surface area contributed by atoms with Crippen molar-refractivity contribution >= 4 is 17.2 Å². The second-order valence-corrected chi connectivity index (χ2v) is 5.23. The molecule has 0 saturated heterocycles. The third-order valence-corrected chi connectivity index (χ3v) is 4.04. The molecular weight excluding hydrogens is 238 g/mol. The Morgan fingerprint density at radius 1 is 1.65 bits per heavy atom. The molecule has 6 heteroatoms. The molecule has 1 saturated carbocycles. The Bertz CT molecular complexity index is 394. The molecule has 0 aromatic carbocycles. The molecule has 0 aliphatic heterocycles. The summed E-state index contributed by atoms with van der Waals surface area (Å²) in [5.41, 5.74) is 5.88. The van der Waals surface area contributed by atoms with Gasteiger partial charge in [-0.2, -0.15) is 0 Å². The van der Waals surface area contributed by atoms with E-state index in [4.69, 9.17) is 5.73 Å². The van der Waals surface area contributed by atoms with E-state index in [-0.39, 0.29) is 24.5 Å². The second kappa shape index (κ2) is 5.57. The van der Waals surface area contributed by atoms with Gasteiger partial charge in [0.15, 0.2) is 0 Å². The van der Waals surface area contributed by atoms with E-state index in [9.17, 15) is 9.90 Å². The molecule has 5 nitrogen and oxygen atoms in total. The van der Waals surface area contributed by atoms with Crippen LogP contribution in [-0.4, -0.2) is 28.6 Å². The number of rotatable bonds is 4. The van der Waals surface area contributed by atoms with Crippen molar-refractivity contribution in [2.75, 3.05) is 6.61 Å². The summed E-state index contributed by atoms with van der Waals surface area (Å²) in [5, 5.41) is 14.6. The number of thiazole rings is 1. The van der Waals surface area contributed by atoms with E-state index in [1.54, 1.807) is 5.38 Å². The van der Waals surface area contributed by atoms with Gasteiger partial charge in [0, 0.05) is 30.5 Å². The monoisotopic (exact) mass is 255 g/mol. The van der Waals surface area contributed by atoms with Gasteiger partial charge in [-0.15, -0.1) is 11.3 Å². The molecule has 1 fully saturated rings. The summed E-state index contributed by atoms with van der Waals surface area (Å²) in [6.45, 7) is 0.497. The molecular formula is C11H17N3O2S. The first-order valence-electron chi connectivity index (χ1n) is 5.80. The van der Waals surface area contributed by atoms with Crippen molar-refractivity contribution in [1.29, 1.82) is 0 Å². The summed E-state index contributed by atoms with van der Waals surface area (Å²) in [6.07, 6.45) is 2.97. The first kappa shape index (κ1) is 12.5. The molecule has 2 atom stereocenters. The van der Waals surface area contributed by atoms with Crippen molar-refractivity contribution in [3.05, 3.63) is 16.1 Å². The van der Waals surface area contributed by atoms with E-state index in [0.717, 1.165) is 24.3 Å². The van der Waals surface area contributed by atoms with E-state index in [2.05, 4.69) is 10.3 Å². The van der Waals surface area contributed by atoms with E-state index in [0.29, 0.717) is 12.2 Å². The number of aliphatic hydroxyl groups excluding tert-OH is 1. The Balaban J connectivity index is 1.96. The molecule has 2 rings (SSSR count). The molecule has 1 amide bonds. The van der Waals surface area contributed by atoms with Crippen LogP contribution in [0.25, 0.3) is 0 Å². The van der Waals surface area contributed by atoms with Crippen LogP contribution < -0.4 is 11.1 Å². The van der Waals surface area contributed by atoms with Crippen molar-refractivity contribution in [2.45, 2.75) is 31.8 Å². The number of nitrogens with one attached hydrogen (secondary N) is 1. The lowest BCUT2D eigenvalue weighted by molar-refractivity contribution is 0.0911. The Morgan fingerprint density at radius 2 is 2.47 bits per heavy atom. The lowest BCUT2D eigenvalue weighted by Crippen LogP contribution is -2.38. The Labute approximate surface area is 104 Å². The summed E-state index contributed by atoms with van der Waals surface area (Å²) in [5.74, 6) is 0.0258. The van der Waals surface area contributed by atoms with Crippen LogP contribution in [0.15, 0.2) is 5.38 Å². The predicted molar refractivity (Wildman–Crippen MR) is 65.7 cm³/mol. The molecule has 2 unspecified atom stereocenters. The summed E-state index contributed by atoms with van der Waals surface area (Å²) in [6, 6.07) is 0.0792. The molecule has 1 aromatic rings. The van der Waals surface area contributed by atoms with Gasteiger partial charge in [-0.3, -0.25) is 4.79 Å². The quantitative estimate of drug-likeness (QED) is 0.730. The number of nitrogens with two attached hydrogens (primary N) is 1. The minimum Gasteiger partial charge on any atom is -0.396 e. The molecule has 0 radical (unpaired) electrons. The zero-order valence-corrected chi connectivity index (χ0v) is 10.4. The standard InChI is InChI=1S/C11H17N3O2S/c12-4-10-13-9(6-17-10)11(16)14-8-3-1-2-7(8)5-15/h6-8,15H,1-5,12H2,(H,14,16). The van der Waals surface area contributed by atoms with Gasteiger partial charge in [-0.1, -0.05) is 6.42 Å². The number of aromatic nitrogens is 1. The van der Waals surface area contributed by atoms with Gasteiger partial charge < -0.3 is 16.2 Å². The van der Waals surface area contributed by atoms with Gasteiger partial charge in [-0.05, 0) is 12.8 Å². The number of nitrogens with zero attached hydrogens (tertiary/aromatic N) is 1. The third-order valence-electron chi connectivity index (χ3n) is 3.17. The number of hydrogen-bond acceptors (Lipinski definition) is 5. The highest BCUT2D eigenvalue weighted by Crippen LogP contribution is 2.25. The maximum absolute atomic E-state index is 11.9. The fourth-order valence-electron chi connectivity index (χ4n) is 2.20.